The second-order valence-electron chi connectivity index (χ2n) is 6.83. The van der Waals surface area contributed by atoms with Gasteiger partial charge < -0.3 is 10.1 Å². The third kappa shape index (κ3) is 5.56. The van der Waals surface area contributed by atoms with Gasteiger partial charge >= 0.3 is 5.69 Å². The molecule has 0 bridgehead atoms. The van der Waals surface area contributed by atoms with Crippen molar-refractivity contribution < 1.29 is 14.5 Å². The first kappa shape index (κ1) is 22.5. The Hall–Kier alpha value is -4.70. The number of rotatable bonds is 8. The molecule has 0 fully saturated rings. The van der Waals surface area contributed by atoms with Crippen LogP contribution in [0.25, 0.3) is 0 Å². The van der Waals surface area contributed by atoms with E-state index in [0.717, 1.165) is 6.33 Å². The number of nitro groups is 1. The number of carbonyl (C=O) groups is 1. The number of nitrogens with one attached hydrogen (secondary N) is 3. The van der Waals surface area contributed by atoms with Crippen molar-refractivity contribution in [3.8, 4) is 11.5 Å². The molecule has 0 aliphatic carbocycles. The molecular formula is C23H17ClN6O4. The molecule has 4 aromatic rings. The summed E-state index contributed by atoms with van der Waals surface area (Å²) < 4.78 is 5.74. The summed E-state index contributed by atoms with van der Waals surface area (Å²) in [5.41, 5.74) is 5.22. The summed E-state index contributed by atoms with van der Waals surface area (Å²) in [6.45, 7) is 0. The molecule has 11 heteroatoms. The van der Waals surface area contributed by atoms with Gasteiger partial charge in [0.15, 0.2) is 0 Å². The predicted octanol–water partition coefficient (Wildman–Crippen LogP) is 5.33. The van der Waals surface area contributed by atoms with Crippen LogP contribution in [0.4, 0.5) is 23.0 Å². The van der Waals surface area contributed by atoms with Crippen LogP contribution in [0.3, 0.4) is 0 Å². The maximum absolute atomic E-state index is 12.3. The zero-order valence-electron chi connectivity index (χ0n) is 17.4. The lowest BCUT2D eigenvalue weighted by Crippen LogP contribution is -2.30. The van der Waals surface area contributed by atoms with E-state index in [1.807, 2.05) is 30.3 Å². The Morgan fingerprint density at radius 1 is 0.912 bits per heavy atom. The molecule has 1 amide bonds. The Balaban J connectivity index is 1.48. The highest BCUT2D eigenvalue weighted by molar-refractivity contribution is 6.30. The van der Waals surface area contributed by atoms with Crippen LogP contribution in [0.2, 0.25) is 5.02 Å². The van der Waals surface area contributed by atoms with Gasteiger partial charge in [0.25, 0.3) is 5.91 Å². The van der Waals surface area contributed by atoms with Gasteiger partial charge in [-0.1, -0.05) is 35.9 Å². The van der Waals surface area contributed by atoms with Crippen LogP contribution in [-0.2, 0) is 0 Å². The summed E-state index contributed by atoms with van der Waals surface area (Å²) in [7, 11) is 0. The van der Waals surface area contributed by atoms with Gasteiger partial charge in [-0.3, -0.25) is 25.8 Å². The van der Waals surface area contributed by atoms with E-state index in [4.69, 9.17) is 16.3 Å². The molecule has 0 unspecified atom stereocenters. The summed E-state index contributed by atoms with van der Waals surface area (Å²) in [5.74, 6) is 0.488. The second-order valence-corrected chi connectivity index (χ2v) is 7.27. The van der Waals surface area contributed by atoms with Gasteiger partial charge in [0.2, 0.25) is 11.6 Å². The van der Waals surface area contributed by atoms with Crippen molar-refractivity contribution >= 4 is 40.5 Å². The fraction of sp³-hybridized carbons (Fsp3) is 0. The lowest BCUT2D eigenvalue weighted by atomic mass is 10.2. The van der Waals surface area contributed by atoms with Crippen LogP contribution in [0.15, 0.2) is 85.2 Å². The van der Waals surface area contributed by atoms with E-state index in [0.29, 0.717) is 22.2 Å². The van der Waals surface area contributed by atoms with Crippen LogP contribution in [0.5, 0.6) is 11.5 Å². The van der Waals surface area contributed by atoms with Gasteiger partial charge in [-0.2, -0.15) is 0 Å². The SMILES string of the molecule is O=C(NNc1ncnc(Nc2ccc(Oc3ccccc3)cc2)c1[N+](=O)[O-])c1cccc(Cl)c1. The Kier molecular flexibility index (Phi) is 6.80. The minimum atomic E-state index is -0.650. The van der Waals surface area contributed by atoms with Crippen molar-refractivity contribution in [2.24, 2.45) is 0 Å². The van der Waals surface area contributed by atoms with Crippen molar-refractivity contribution in [1.82, 2.24) is 15.4 Å². The normalized spacial score (nSPS) is 10.3. The predicted molar refractivity (Wildman–Crippen MR) is 127 cm³/mol. The van der Waals surface area contributed by atoms with Gasteiger partial charge in [-0.25, -0.2) is 9.97 Å². The van der Waals surface area contributed by atoms with Gasteiger partial charge in [0.05, 0.1) is 4.92 Å². The maximum Gasteiger partial charge on any atom is 0.355 e. The number of nitrogens with zero attached hydrogens (tertiary/aromatic N) is 3. The summed E-state index contributed by atoms with van der Waals surface area (Å²) in [6, 6.07) is 22.3. The third-order valence-corrected chi connectivity index (χ3v) is 4.72. The minimum absolute atomic E-state index is 0.0590. The van der Waals surface area contributed by atoms with Crippen molar-refractivity contribution in [3.63, 3.8) is 0 Å². The first-order valence-corrected chi connectivity index (χ1v) is 10.3. The molecular weight excluding hydrogens is 460 g/mol. The highest BCUT2D eigenvalue weighted by Crippen LogP contribution is 2.31. The van der Waals surface area contributed by atoms with E-state index < -0.39 is 16.5 Å². The van der Waals surface area contributed by atoms with E-state index in [1.54, 1.807) is 42.5 Å². The maximum atomic E-state index is 12.3. The number of ether oxygens (including phenoxy) is 1. The van der Waals surface area contributed by atoms with Gasteiger partial charge in [0, 0.05) is 16.3 Å². The van der Waals surface area contributed by atoms with E-state index in [1.165, 1.54) is 6.07 Å². The Morgan fingerprint density at radius 2 is 1.62 bits per heavy atom. The highest BCUT2D eigenvalue weighted by atomic mass is 35.5. The Morgan fingerprint density at radius 3 is 2.32 bits per heavy atom. The van der Waals surface area contributed by atoms with Crippen LogP contribution in [-0.4, -0.2) is 20.8 Å². The number of hydrazine groups is 1. The van der Waals surface area contributed by atoms with Gasteiger partial charge in [-0.05, 0) is 54.6 Å². The molecule has 0 aliphatic heterocycles. The molecule has 0 radical (unpaired) electrons. The van der Waals surface area contributed by atoms with Crippen molar-refractivity contribution in [1.29, 1.82) is 0 Å². The van der Waals surface area contributed by atoms with E-state index in [9.17, 15) is 14.9 Å². The molecule has 0 atom stereocenters. The zero-order chi connectivity index (χ0) is 23.9. The minimum Gasteiger partial charge on any atom is -0.457 e. The zero-order valence-corrected chi connectivity index (χ0v) is 18.2. The molecule has 0 saturated heterocycles. The number of halogens is 1. The average Bonchev–Trinajstić information content (AvgIpc) is 2.84. The summed E-state index contributed by atoms with van der Waals surface area (Å²) in [4.78, 5) is 31.3. The molecule has 0 aliphatic rings. The number of hydrogen-bond donors (Lipinski definition) is 3. The van der Waals surface area contributed by atoms with Crippen molar-refractivity contribution in [2.45, 2.75) is 0 Å². The monoisotopic (exact) mass is 476 g/mol. The van der Waals surface area contributed by atoms with Crippen LogP contribution in [0, 0.1) is 10.1 Å². The first-order valence-electron chi connectivity index (χ1n) is 9.91. The quantitative estimate of drug-likeness (QED) is 0.229. The number of hydrogen-bond acceptors (Lipinski definition) is 8. The lowest BCUT2D eigenvalue weighted by molar-refractivity contribution is -0.383. The third-order valence-electron chi connectivity index (χ3n) is 4.48. The number of carbonyl (C=O) groups excluding carboxylic acids is 1. The Labute approximate surface area is 198 Å². The summed E-state index contributed by atoms with van der Waals surface area (Å²) in [6.07, 6.45) is 1.14. The first-order chi connectivity index (χ1) is 16.5. The number of aromatic nitrogens is 2. The fourth-order valence-electron chi connectivity index (χ4n) is 2.92. The molecule has 0 saturated carbocycles. The summed E-state index contributed by atoms with van der Waals surface area (Å²) >= 11 is 5.89. The van der Waals surface area contributed by atoms with Crippen LogP contribution < -0.4 is 20.9 Å². The topological polar surface area (TPSA) is 131 Å². The standard InChI is InChI=1S/C23H17ClN6O4/c24-16-6-4-5-15(13-16)23(31)29-28-22-20(30(32)33)21(25-14-26-22)27-17-9-11-19(12-10-17)34-18-7-2-1-3-8-18/h1-14H,(H,29,31)(H2,25,26,27,28). The van der Waals surface area contributed by atoms with Crippen molar-refractivity contribution in [2.75, 3.05) is 10.7 Å². The van der Waals surface area contributed by atoms with Crippen LogP contribution >= 0.6 is 11.6 Å². The molecule has 1 aromatic heterocycles. The number of amides is 1. The second kappa shape index (κ2) is 10.3. The highest BCUT2D eigenvalue weighted by Gasteiger charge is 2.24. The largest absolute Gasteiger partial charge is 0.457 e. The molecule has 3 aromatic carbocycles. The molecule has 34 heavy (non-hydrogen) atoms. The van der Waals surface area contributed by atoms with E-state index >= 15 is 0 Å². The average molecular weight is 477 g/mol. The van der Waals surface area contributed by atoms with E-state index in [-0.39, 0.29) is 17.2 Å². The lowest BCUT2D eigenvalue weighted by Gasteiger charge is -2.11. The van der Waals surface area contributed by atoms with Crippen LogP contribution in [0.1, 0.15) is 10.4 Å². The Bertz CT molecular complexity index is 1320. The molecule has 0 spiro atoms. The molecule has 1 heterocycles. The van der Waals surface area contributed by atoms with Gasteiger partial charge in [-0.15, -0.1) is 0 Å². The smallest absolute Gasteiger partial charge is 0.355 e. The summed E-state index contributed by atoms with van der Waals surface area (Å²) in [5, 5.41) is 15.0. The number of para-hydroxylation sites is 1. The number of anilines is 3. The molecule has 10 nitrogen and oxygen atoms in total. The fourth-order valence-corrected chi connectivity index (χ4v) is 3.11. The molecule has 4 rings (SSSR count). The molecule has 170 valence electrons. The molecule has 3 N–H and O–H groups in total. The number of benzene rings is 3. The van der Waals surface area contributed by atoms with E-state index in [2.05, 4.69) is 26.1 Å². The van der Waals surface area contributed by atoms with Gasteiger partial charge in [0.1, 0.15) is 17.8 Å². The van der Waals surface area contributed by atoms with Crippen molar-refractivity contribution in [3.05, 3.63) is 106 Å².